The zero-order valence-corrected chi connectivity index (χ0v) is 28.0. The molecule has 0 aliphatic carbocycles. The van der Waals surface area contributed by atoms with Crippen molar-refractivity contribution in [3.05, 3.63) is 99.0 Å². The second-order valence-corrected chi connectivity index (χ2v) is 11.8. The minimum absolute atomic E-state index is 0.112. The van der Waals surface area contributed by atoms with E-state index in [0.29, 0.717) is 52.3 Å². The topological polar surface area (TPSA) is 98.3 Å². The smallest absolute Gasteiger partial charge is 0.262 e. The monoisotopic (exact) mass is 673 g/mol. The molecule has 0 saturated heterocycles. The first-order valence-corrected chi connectivity index (χ1v) is 15.7. The highest BCUT2D eigenvalue weighted by Gasteiger charge is 2.25. The fourth-order valence-corrected chi connectivity index (χ4v) is 4.96. The lowest BCUT2D eigenvalue weighted by atomic mass is 10.0. The Labute approximate surface area is 279 Å². The molecule has 0 saturated carbocycles. The SMILES string of the molecule is C=CCc1cc(/C=N\NC(=O)[C@H](CC(C)C)NC(=O)[C@H](C)Oc2ccc(Cl)cc2Cl)cc(OCC)c1OCc1ccccc1Cl. The van der Waals surface area contributed by atoms with E-state index in [1.165, 1.54) is 12.3 Å². The normalized spacial score (nSPS) is 12.4. The summed E-state index contributed by atoms with van der Waals surface area (Å²) in [4.78, 5) is 26.1. The molecule has 8 nitrogen and oxygen atoms in total. The molecule has 0 unspecified atom stereocenters. The molecule has 0 heterocycles. The molecular formula is C34H38Cl3N3O5. The van der Waals surface area contributed by atoms with E-state index in [-0.39, 0.29) is 17.5 Å². The predicted octanol–water partition coefficient (Wildman–Crippen LogP) is 7.80. The van der Waals surface area contributed by atoms with Crippen LogP contribution < -0.4 is 25.0 Å². The van der Waals surface area contributed by atoms with Crippen LogP contribution in [-0.2, 0) is 22.6 Å². The molecular weight excluding hydrogens is 637 g/mol. The number of allylic oxidation sites excluding steroid dienone is 1. The number of hydrogen-bond donors (Lipinski definition) is 2. The number of nitrogens with zero attached hydrogens (tertiary/aromatic N) is 1. The second-order valence-electron chi connectivity index (χ2n) is 10.6. The summed E-state index contributed by atoms with van der Waals surface area (Å²) in [6.07, 6.45) is 3.25. The first kappa shape index (κ1) is 35.8. The molecule has 3 aromatic carbocycles. The van der Waals surface area contributed by atoms with Crippen molar-refractivity contribution in [3.8, 4) is 17.2 Å². The van der Waals surface area contributed by atoms with E-state index in [1.54, 1.807) is 31.2 Å². The maximum atomic E-state index is 13.1. The van der Waals surface area contributed by atoms with Gasteiger partial charge in [-0.25, -0.2) is 5.43 Å². The summed E-state index contributed by atoms with van der Waals surface area (Å²) >= 11 is 18.4. The van der Waals surface area contributed by atoms with Crippen molar-refractivity contribution in [1.29, 1.82) is 0 Å². The van der Waals surface area contributed by atoms with Gasteiger partial charge in [0.05, 0.1) is 17.8 Å². The Kier molecular flexibility index (Phi) is 14.1. The lowest BCUT2D eigenvalue weighted by Gasteiger charge is -2.22. The van der Waals surface area contributed by atoms with E-state index in [0.717, 1.165) is 11.1 Å². The van der Waals surface area contributed by atoms with E-state index < -0.39 is 24.0 Å². The highest BCUT2D eigenvalue weighted by molar-refractivity contribution is 6.35. The van der Waals surface area contributed by atoms with Crippen molar-refractivity contribution >= 4 is 52.8 Å². The summed E-state index contributed by atoms with van der Waals surface area (Å²) in [5.74, 6) is 0.570. The fraction of sp³-hybridized carbons (Fsp3) is 0.324. The molecule has 45 heavy (non-hydrogen) atoms. The lowest BCUT2D eigenvalue weighted by molar-refractivity contribution is -0.132. The maximum absolute atomic E-state index is 13.1. The Hall–Kier alpha value is -3.72. The van der Waals surface area contributed by atoms with E-state index in [4.69, 9.17) is 49.0 Å². The highest BCUT2D eigenvalue weighted by atomic mass is 35.5. The third-order valence-electron chi connectivity index (χ3n) is 6.44. The third-order valence-corrected chi connectivity index (χ3v) is 7.34. The minimum Gasteiger partial charge on any atom is -0.490 e. The summed E-state index contributed by atoms with van der Waals surface area (Å²) in [5, 5.41) is 8.27. The van der Waals surface area contributed by atoms with Crippen molar-refractivity contribution in [2.75, 3.05) is 6.61 Å². The van der Waals surface area contributed by atoms with Crippen molar-refractivity contribution in [2.45, 2.75) is 59.3 Å². The summed E-state index contributed by atoms with van der Waals surface area (Å²) in [6.45, 7) is 11.9. The molecule has 11 heteroatoms. The van der Waals surface area contributed by atoms with Gasteiger partial charge in [0.25, 0.3) is 11.8 Å². The number of rotatable bonds is 16. The minimum atomic E-state index is -0.923. The van der Waals surface area contributed by atoms with Gasteiger partial charge in [-0.1, -0.05) is 72.9 Å². The van der Waals surface area contributed by atoms with Crippen LogP contribution in [0.1, 0.15) is 50.8 Å². The van der Waals surface area contributed by atoms with E-state index >= 15 is 0 Å². The van der Waals surface area contributed by atoms with Gasteiger partial charge in [-0.15, -0.1) is 6.58 Å². The average Bonchev–Trinajstić information content (AvgIpc) is 2.98. The van der Waals surface area contributed by atoms with Gasteiger partial charge in [0.2, 0.25) is 0 Å². The van der Waals surface area contributed by atoms with Gasteiger partial charge >= 0.3 is 0 Å². The highest BCUT2D eigenvalue weighted by Crippen LogP contribution is 2.35. The van der Waals surface area contributed by atoms with Crippen molar-refractivity contribution in [1.82, 2.24) is 10.7 Å². The number of carbonyl (C=O) groups excluding carboxylic acids is 2. The average molecular weight is 675 g/mol. The van der Waals surface area contributed by atoms with Gasteiger partial charge in [0.15, 0.2) is 17.6 Å². The summed E-state index contributed by atoms with van der Waals surface area (Å²) < 4.78 is 17.8. The number of benzene rings is 3. The maximum Gasteiger partial charge on any atom is 0.262 e. The molecule has 0 radical (unpaired) electrons. The molecule has 2 amide bonds. The Morgan fingerprint density at radius 3 is 2.36 bits per heavy atom. The fourth-order valence-electron chi connectivity index (χ4n) is 4.31. The van der Waals surface area contributed by atoms with E-state index in [2.05, 4.69) is 22.4 Å². The second kappa shape index (κ2) is 17.7. The van der Waals surface area contributed by atoms with Gasteiger partial charge in [-0.3, -0.25) is 9.59 Å². The van der Waals surface area contributed by atoms with Crippen LogP contribution in [0.15, 0.2) is 72.4 Å². The number of halogens is 3. The standard InChI is InChI=1S/C34H38Cl3N3O5/c1-6-10-24-16-23(17-31(43-7-2)32(24)44-20-25-11-8-9-12-27(25)36)19-38-40-34(42)29(15-21(3)4)39-33(41)22(5)45-30-14-13-26(35)18-28(30)37/h6,8-9,11-14,16-19,21-22,29H,1,7,10,15,20H2,2-5H3,(H,39,41)(H,40,42)/b38-19-/t22-,29-/m0/s1. The van der Waals surface area contributed by atoms with Gasteiger partial charge in [-0.2, -0.15) is 5.10 Å². The quantitative estimate of drug-likeness (QED) is 0.0918. The van der Waals surface area contributed by atoms with Crippen LogP contribution in [-0.4, -0.2) is 36.8 Å². The third kappa shape index (κ3) is 11.0. The van der Waals surface area contributed by atoms with Crippen LogP contribution in [0.25, 0.3) is 0 Å². The molecule has 3 rings (SSSR count). The summed E-state index contributed by atoms with van der Waals surface area (Å²) in [7, 11) is 0. The molecule has 0 aliphatic heterocycles. The van der Waals surface area contributed by atoms with Crippen LogP contribution >= 0.6 is 34.8 Å². The molecule has 2 atom stereocenters. The molecule has 0 aromatic heterocycles. The number of hydrazone groups is 1. The van der Waals surface area contributed by atoms with Crippen LogP contribution in [0.5, 0.6) is 17.2 Å². The molecule has 0 bridgehead atoms. The Balaban J connectivity index is 1.73. The number of carbonyl (C=O) groups is 2. The largest absolute Gasteiger partial charge is 0.490 e. The first-order chi connectivity index (χ1) is 21.5. The lowest BCUT2D eigenvalue weighted by Crippen LogP contribution is -2.49. The number of ether oxygens (including phenoxy) is 3. The number of amides is 2. The van der Waals surface area contributed by atoms with E-state index in [1.807, 2.05) is 51.1 Å². The van der Waals surface area contributed by atoms with Crippen LogP contribution in [0.3, 0.4) is 0 Å². The van der Waals surface area contributed by atoms with Gasteiger partial charge in [0, 0.05) is 21.2 Å². The number of hydrogen-bond acceptors (Lipinski definition) is 6. The molecule has 0 spiro atoms. The number of nitrogens with one attached hydrogen (secondary N) is 2. The van der Waals surface area contributed by atoms with Crippen LogP contribution in [0.4, 0.5) is 0 Å². The molecule has 3 aromatic rings. The van der Waals surface area contributed by atoms with Crippen LogP contribution in [0, 0.1) is 5.92 Å². The zero-order valence-electron chi connectivity index (χ0n) is 25.7. The van der Waals surface area contributed by atoms with Gasteiger partial charge < -0.3 is 19.5 Å². The predicted molar refractivity (Wildman–Crippen MR) is 181 cm³/mol. The Morgan fingerprint density at radius 1 is 0.933 bits per heavy atom. The molecule has 0 fully saturated rings. The first-order valence-electron chi connectivity index (χ1n) is 14.5. The van der Waals surface area contributed by atoms with Crippen molar-refractivity contribution < 1.29 is 23.8 Å². The Bertz CT molecular complexity index is 1510. The van der Waals surface area contributed by atoms with Crippen molar-refractivity contribution in [3.63, 3.8) is 0 Å². The van der Waals surface area contributed by atoms with Crippen molar-refractivity contribution in [2.24, 2.45) is 11.0 Å². The molecule has 2 N–H and O–H groups in total. The molecule has 240 valence electrons. The molecule has 0 aliphatic rings. The van der Waals surface area contributed by atoms with E-state index in [9.17, 15) is 9.59 Å². The Morgan fingerprint density at radius 2 is 1.69 bits per heavy atom. The van der Waals surface area contributed by atoms with Gasteiger partial charge in [0.1, 0.15) is 18.4 Å². The summed E-state index contributed by atoms with van der Waals surface area (Å²) in [5.41, 5.74) is 4.90. The van der Waals surface area contributed by atoms with Crippen LogP contribution in [0.2, 0.25) is 15.1 Å². The zero-order chi connectivity index (χ0) is 32.9. The van der Waals surface area contributed by atoms with Gasteiger partial charge in [-0.05, 0) is 74.6 Å². The summed E-state index contributed by atoms with van der Waals surface area (Å²) in [6, 6.07) is 15.0.